The first-order valence-electron chi connectivity index (χ1n) is 6.33. The molecule has 5 heteroatoms. The number of nitrogens with zero attached hydrogens (tertiary/aromatic N) is 2. The minimum absolute atomic E-state index is 0.0344. The highest BCUT2D eigenvalue weighted by Crippen LogP contribution is 2.33. The fourth-order valence-electron chi connectivity index (χ4n) is 2.21. The first-order valence-corrected chi connectivity index (χ1v) is 7.62. The lowest BCUT2D eigenvalue weighted by molar-refractivity contribution is 0.342. The number of benzene rings is 1. The average molecular weight is 320 g/mol. The van der Waals surface area contributed by atoms with Gasteiger partial charge in [0.05, 0.1) is 21.1 Å². The fourth-order valence-corrected chi connectivity index (χ4v) is 2.69. The molecule has 19 heavy (non-hydrogen) atoms. The molecule has 0 saturated heterocycles. The lowest BCUT2D eigenvalue weighted by Crippen LogP contribution is -2.27. The number of rotatable bonds is 4. The van der Waals surface area contributed by atoms with Crippen LogP contribution in [0.4, 0.5) is 0 Å². The second kappa shape index (κ2) is 5.51. The van der Waals surface area contributed by atoms with Gasteiger partial charge in [-0.15, -0.1) is 11.6 Å². The van der Waals surface area contributed by atoms with Gasteiger partial charge >= 0.3 is 0 Å². The number of halogens is 3. The Morgan fingerprint density at radius 2 is 1.84 bits per heavy atom. The molecule has 0 amide bonds. The third-order valence-electron chi connectivity index (χ3n) is 3.55. The molecular formula is C14H17Cl3N2. The van der Waals surface area contributed by atoms with Gasteiger partial charge in [0.1, 0.15) is 5.82 Å². The summed E-state index contributed by atoms with van der Waals surface area (Å²) in [6.07, 6.45) is 1.73. The van der Waals surface area contributed by atoms with Gasteiger partial charge in [-0.05, 0) is 32.4 Å². The molecule has 0 spiro atoms. The molecule has 0 aliphatic heterocycles. The maximum absolute atomic E-state index is 6.14. The Labute approximate surface area is 128 Å². The maximum atomic E-state index is 6.14. The van der Waals surface area contributed by atoms with Crippen LogP contribution < -0.4 is 0 Å². The van der Waals surface area contributed by atoms with Crippen LogP contribution in [0.5, 0.6) is 0 Å². The van der Waals surface area contributed by atoms with Crippen molar-refractivity contribution < 1.29 is 0 Å². The Bertz CT molecular complexity index is 602. The van der Waals surface area contributed by atoms with Gasteiger partial charge in [-0.1, -0.05) is 30.1 Å². The van der Waals surface area contributed by atoms with Crippen molar-refractivity contribution in [1.29, 1.82) is 0 Å². The molecule has 2 aromatic rings. The maximum Gasteiger partial charge on any atom is 0.111 e. The van der Waals surface area contributed by atoms with Crippen LogP contribution in [0.2, 0.25) is 10.0 Å². The van der Waals surface area contributed by atoms with Crippen LogP contribution in [0.25, 0.3) is 11.0 Å². The number of imidazole rings is 1. The van der Waals surface area contributed by atoms with Crippen molar-refractivity contribution in [3.05, 3.63) is 28.0 Å². The van der Waals surface area contributed by atoms with Crippen molar-refractivity contribution >= 4 is 45.8 Å². The van der Waals surface area contributed by atoms with E-state index in [2.05, 4.69) is 30.3 Å². The van der Waals surface area contributed by atoms with Crippen LogP contribution in [-0.4, -0.2) is 15.4 Å². The molecule has 1 aromatic heterocycles. The van der Waals surface area contributed by atoms with Gasteiger partial charge in [-0.25, -0.2) is 4.98 Å². The summed E-state index contributed by atoms with van der Waals surface area (Å²) in [7, 11) is 0. The Balaban J connectivity index is 2.76. The van der Waals surface area contributed by atoms with Crippen molar-refractivity contribution in [2.45, 2.75) is 39.2 Å². The SMILES string of the molecule is CCC(C)(C)n1c(CCCl)nc2cc(Cl)c(Cl)cc21. The lowest BCUT2D eigenvalue weighted by atomic mass is 10.0. The quantitative estimate of drug-likeness (QED) is 0.702. The number of aromatic nitrogens is 2. The van der Waals surface area contributed by atoms with Crippen LogP contribution in [0.3, 0.4) is 0 Å². The summed E-state index contributed by atoms with van der Waals surface area (Å²) in [6, 6.07) is 3.71. The van der Waals surface area contributed by atoms with Gasteiger partial charge in [-0.2, -0.15) is 0 Å². The minimum Gasteiger partial charge on any atom is -0.322 e. The normalized spacial score (nSPS) is 12.3. The second-order valence-corrected chi connectivity index (χ2v) is 6.42. The highest BCUT2D eigenvalue weighted by Gasteiger charge is 2.24. The van der Waals surface area contributed by atoms with E-state index in [4.69, 9.17) is 34.8 Å². The number of hydrogen-bond acceptors (Lipinski definition) is 1. The molecule has 0 aliphatic rings. The van der Waals surface area contributed by atoms with E-state index in [-0.39, 0.29) is 5.54 Å². The van der Waals surface area contributed by atoms with Crippen LogP contribution in [0, 0.1) is 0 Å². The van der Waals surface area contributed by atoms with Gasteiger partial charge in [0.2, 0.25) is 0 Å². The first-order chi connectivity index (χ1) is 8.90. The van der Waals surface area contributed by atoms with Crippen LogP contribution in [0.1, 0.15) is 33.0 Å². The predicted octanol–water partition coefficient (Wildman–Crippen LogP) is 5.27. The Morgan fingerprint density at radius 1 is 1.21 bits per heavy atom. The van der Waals surface area contributed by atoms with Crippen LogP contribution in [0.15, 0.2) is 12.1 Å². The molecular weight excluding hydrogens is 303 g/mol. The summed E-state index contributed by atoms with van der Waals surface area (Å²) >= 11 is 18.1. The molecule has 0 atom stereocenters. The summed E-state index contributed by atoms with van der Waals surface area (Å²) in [5.74, 6) is 1.53. The predicted molar refractivity (Wildman–Crippen MR) is 83.8 cm³/mol. The van der Waals surface area contributed by atoms with Gasteiger partial charge in [0, 0.05) is 17.8 Å². The number of alkyl halides is 1. The minimum atomic E-state index is -0.0344. The smallest absolute Gasteiger partial charge is 0.111 e. The molecule has 2 rings (SSSR count). The lowest BCUT2D eigenvalue weighted by Gasteiger charge is -2.28. The fraction of sp³-hybridized carbons (Fsp3) is 0.500. The van der Waals surface area contributed by atoms with Crippen molar-refractivity contribution in [3.8, 4) is 0 Å². The zero-order chi connectivity index (χ0) is 14.2. The largest absolute Gasteiger partial charge is 0.322 e. The molecule has 0 aliphatic carbocycles. The van der Waals surface area contributed by atoms with E-state index >= 15 is 0 Å². The zero-order valence-electron chi connectivity index (χ0n) is 11.3. The molecule has 1 aromatic carbocycles. The number of fused-ring (bicyclic) bond motifs is 1. The average Bonchev–Trinajstić information content (AvgIpc) is 2.68. The molecule has 0 radical (unpaired) electrons. The highest BCUT2D eigenvalue weighted by molar-refractivity contribution is 6.42. The monoisotopic (exact) mass is 318 g/mol. The third kappa shape index (κ3) is 2.72. The van der Waals surface area contributed by atoms with Gasteiger partial charge < -0.3 is 4.57 Å². The van der Waals surface area contributed by atoms with E-state index in [0.29, 0.717) is 15.9 Å². The van der Waals surface area contributed by atoms with E-state index in [9.17, 15) is 0 Å². The van der Waals surface area contributed by atoms with E-state index in [1.165, 1.54) is 0 Å². The molecule has 0 fully saturated rings. The molecule has 0 saturated carbocycles. The first kappa shape index (κ1) is 15.0. The van der Waals surface area contributed by atoms with Gasteiger partial charge in [0.15, 0.2) is 0 Å². The Hall–Kier alpha value is -0.440. The Morgan fingerprint density at radius 3 is 2.42 bits per heavy atom. The van der Waals surface area contributed by atoms with Crippen molar-refractivity contribution in [2.75, 3.05) is 5.88 Å². The Kier molecular flexibility index (Phi) is 4.34. The standard InChI is InChI=1S/C14H17Cl3N2/c1-4-14(2,3)19-12-8-10(17)9(16)7-11(12)18-13(19)5-6-15/h7-8H,4-6H2,1-3H3. The highest BCUT2D eigenvalue weighted by atomic mass is 35.5. The molecule has 0 N–H and O–H groups in total. The van der Waals surface area contributed by atoms with E-state index in [0.717, 1.165) is 29.7 Å². The summed E-state index contributed by atoms with van der Waals surface area (Å²) < 4.78 is 2.23. The van der Waals surface area contributed by atoms with E-state index in [1.807, 2.05) is 12.1 Å². The summed E-state index contributed by atoms with van der Waals surface area (Å²) in [5, 5.41) is 1.09. The van der Waals surface area contributed by atoms with Crippen molar-refractivity contribution in [1.82, 2.24) is 9.55 Å². The van der Waals surface area contributed by atoms with Crippen molar-refractivity contribution in [2.24, 2.45) is 0 Å². The molecule has 0 unspecified atom stereocenters. The zero-order valence-corrected chi connectivity index (χ0v) is 13.6. The summed E-state index contributed by atoms with van der Waals surface area (Å²) in [5.41, 5.74) is 1.85. The summed E-state index contributed by atoms with van der Waals surface area (Å²) in [6.45, 7) is 6.54. The number of hydrogen-bond donors (Lipinski definition) is 0. The summed E-state index contributed by atoms with van der Waals surface area (Å²) in [4.78, 5) is 4.65. The topological polar surface area (TPSA) is 17.8 Å². The third-order valence-corrected chi connectivity index (χ3v) is 4.47. The van der Waals surface area contributed by atoms with Gasteiger partial charge in [-0.3, -0.25) is 0 Å². The molecule has 1 heterocycles. The van der Waals surface area contributed by atoms with E-state index in [1.54, 1.807) is 0 Å². The second-order valence-electron chi connectivity index (χ2n) is 5.22. The van der Waals surface area contributed by atoms with Crippen LogP contribution >= 0.6 is 34.8 Å². The molecule has 0 bridgehead atoms. The van der Waals surface area contributed by atoms with Crippen molar-refractivity contribution in [3.63, 3.8) is 0 Å². The van der Waals surface area contributed by atoms with Crippen LogP contribution in [-0.2, 0) is 12.0 Å². The molecule has 104 valence electrons. The van der Waals surface area contributed by atoms with E-state index < -0.39 is 0 Å². The van der Waals surface area contributed by atoms with Gasteiger partial charge in [0.25, 0.3) is 0 Å². The number of aryl methyl sites for hydroxylation is 1. The molecule has 2 nitrogen and oxygen atoms in total.